The van der Waals surface area contributed by atoms with E-state index >= 15 is 0 Å². The van der Waals surface area contributed by atoms with Crippen molar-refractivity contribution >= 4 is 22.8 Å². The number of ether oxygens (including phenoxy) is 1. The van der Waals surface area contributed by atoms with E-state index in [4.69, 9.17) is 4.74 Å². The molecule has 0 atom stereocenters. The Morgan fingerprint density at radius 2 is 1.97 bits per heavy atom. The summed E-state index contributed by atoms with van der Waals surface area (Å²) in [7, 11) is 1.82. The molecule has 5 rings (SSSR count). The monoisotopic (exact) mass is 429 g/mol. The highest BCUT2D eigenvalue weighted by molar-refractivity contribution is 6.03. The molecule has 9 nitrogen and oxygen atoms in total. The van der Waals surface area contributed by atoms with Gasteiger partial charge in [0.1, 0.15) is 17.5 Å². The van der Waals surface area contributed by atoms with Crippen LogP contribution in [0.25, 0.3) is 22.2 Å². The summed E-state index contributed by atoms with van der Waals surface area (Å²) >= 11 is 0. The lowest BCUT2D eigenvalue weighted by Crippen LogP contribution is -2.34. The smallest absolute Gasteiger partial charge is 0.258 e. The SMILES string of the molecule is Cn1cc(-c2ccc3cnc(NC(=O)c4ccc(OC5CCNCC5)cc4)nc3c2)nn1. The summed E-state index contributed by atoms with van der Waals surface area (Å²) in [6, 6.07) is 12.9. The maximum absolute atomic E-state index is 12.7. The first-order chi connectivity index (χ1) is 15.6. The standard InChI is InChI=1S/C23H23N7O2/c1-30-14-21(28-29-30)16-2-3-17-13-25-23(26-20(17)12-16)27-22(31)15-4-6-18(7-5-15)32-19-8-10-24-11-9-19/h2-7,12-14,19,24H,8-11H2,1H3,(H,25,26,27,31). The zero-order chi connectivity index (χ0) is 21.9. The van der Waals surface area contributed by atoms with Crippen LogP contribution in [0.4, 0.5) is 5.95 Å². The Morgan fingerprint density at radius 3 is 2.72 bits per heavy atom. The van der Waals surface area contributed by atoms with Gasteiger partial charge in [0.2, 0.25) is 5.95 Å². The van der Waals surface area contributed by atoms with E-state index < -0.39 is 0 Å². The molecule has 0 aliphatic carbocycles. The fraction of sp³-hybridized carbons (Fsp3) is 0.261. The topological polar surface area (TPSA) is 107 Å². The molecular formula is C23H23N7O2. The molecule has 1 aliphatic heterocycles. The summed E-state index contributed by atoms with van der Waals surface area (Å²) in [5.74, 6) is 0.739. The van der Waals surface area contributed by atoms with Crippen molar-refractivity contribution in [3.8, 4) is 17.0 Å². The average molecular weight is 429 g/mol. The minimum absolute atomic E-state index is 0.216. The molecular weight excluding hydrogens is 406 g/mol. The Hall–Kier alpha value is -3.85. The highest BCUT2D eigenvalue weighted by Gasteiger charge is 2.15. The Balaban J connectivity index is 1.29. The summed E-state index contributed by atoms with van der Waals surface area (Å²) in [4.78, 5) is 21.4. The van der Waals surface area contributed by atoms with Crippen molar-refractivity contribution in [2.24, 2.45) is 7.05 Å². The Bertz CT molecular complexity index is 1250. The van der Waals surface area contributed by atoms with Crippen LogP contribution in [-0.4, -0.2) is 50.1 Å². The van der Waals surface area contributed by atoms with Crippen molar-refractivity contribution in [3.05, 3.63) is 60.4 Å². The van der Waals surface area contributed by atoms with E-state index in [2.05, 4.69) is 30.9 Å². The van der Waals surface area contributed by atoms with Crippen molar-refractivity contribution in [2.75, 3.05) is 18.4 Å². The molecule has 1 saturated heterocycles. The molecule has 2 aromatic carbocycles. The molecule has 4 aromatic rings. The molecule has 0 unspecified atom stereocenters. The molecule has 1 fully saturated rings. The van der Waals surface area contributed by atoms with Crippen LogP contribution in [0.15, 0.2) is 54.9 Å². The summed E-state index contributed by atoms with van der Waals surface area (Å²) < 4.78 is 7.64. The Morgan fingerprint density at radius 1 is 1.16 bits per heavy atom. The van der Waals surface area contributed by atoms with Gasteiger partial charge < -0.3 is 10.1 Å². The normalized spacial score (nSPS) is 14.4. The van der Waals surface area contributed by atoms with E-state index in [-0.39, 0.29) is 18.0 Å². The zero-order valence-corrected chi connectivity index (χ0v) is 17.7. The first-order valence-electron chi connectivity index (χ1n) is 10.6. The van der Waals surface area contributed by atoms with Crippen LogP contribution in [0.5, 0.6) is 5.75 Å². The minimum Gasteiger partial charge on any atom is -0.490 e. The summed E-state index contributed by atoms with van der Waals surface area (Å²) in [6.07, 6.45) is 5.71. The van der Waals surface area contributed by atoms with E-state index in [1.165, 1.54) is 0 Å². The molecule has 162 valence electrons. The number of carbonyl (C=O) groups excluding carboxylic acids is 1. The second-order valence-electron chi connectivity index (χ2n) is 7.79. The van der Waals surface area contributed by atoms with Crippen LogP contribution in [-0.2, 0) is 7.05 Å². The van der Waals surface area contributed by atoms with Gasteiger partial charge in [0.15, 0.2) is 0 Å². The molecule has 0 radical (unpaired) electrons. The molecule has 1 aliphatic rings. The fourth-order valence-corrected chi connectivity index (χ4v) is 3.69. The predicted octanol–water partition coefficient (Wildman–Crippen LogP) is 2.81. The second kappa shape index (κ2) is 8.72. The second-order valence-corrected chi connectivity index (χ2v) is 7.79. The first-order valence-corrected chi connectivity index (χ1v) is 10.6. The Kier molecular flexibility index (Phi) is 5.47. The predicted molar refractivity (Wildman–Crippen MR) is 120 cm³/mol. The van der Waals surface area contributed by atoms with Gasteiger partial charge in [-0.3, -0.25) is 14.8 Å². The number of hydrogen-bond acceptors (Lipinski definition) is 7. The number of nitrogens with one attached hydrogen (secondary N) is 2. The van der Waals surface area contributed by atoms with Gasteiger partial charge in [-0.15, -0.1) is 5.10 Å². The molecule has 9 heteroatoms. The zero-order valence-electron chi connectivity index (χ0n) is 17.7. The third-order valence-corrected chi connectivity index (χ3v) is 5.41. The number of benzene rings is 2. The van der Waals surface area contributed by atoms with Crippen molar-refractivity contribution in [3.63, 3.8) is 0 Å². The molecule has 3 heterocycles. The summed E-state index contributed by atoms with van der Waals surface area (Å²) in [5.41, 5.74) is 2.88. The molecule has 0 bridgehead atoms. The number of carbonyl (C=O) groups is 1. The molecule has 0 saturated carbocycles. The number of nitrogens with zero attached hydrogens (tertiary/aromatic N) is 5. The molecule has 32 heavy (non-hydrogen) atoms. The lowest BCUT2D eigenvalue weighted by Gasteiger charge is -2.23. The largest absolute Gasteiger partial charge is 0.490 e. The number of fused-ring (bicyclic) bond motifs is 1. The van der Waals surface area contributed by atoms with Crippen LogP contribution in [0.1, 0.15) is 23.2 Å². The van der Waals surface area contributed by atoms with E-state index in [0.717, 1.165) is 48.3 Å². The third kappa shape index (κ3) is 4.42. The van der Waals surface area contributed by atoms with Gasteiger partial charge in [-0.2, -0.15) is 0 Å². The number of anilines is 1. The number of aryl methyl sites for hydroxylation is 1. The van der Waals surface area contributed by atoms with E-state index in [9.17, 15) is 4.79 Å². The third-order valence-electron chi connectivity index (χ3n) is 5.41. The van der Waals surface area contributed by atoms with Gasteiger partial charge in [0.05, 0.1) is 11.7 Å². The van der Waals surface area contributed by atoms with Crippen LogP contribution in [0, 0.1) is 0 Å². The van der Waals surface area contributed by atoms with Crippen molar-refractivity contribution in [1.29, 1.82) is 0 Å². The van der Waals surface area contributed by atoms with Crippen LogP contribution in [0.2, 0.25) is 0 Å². The fourth-order valence-electron chi connectivity index (χ4n) is 3.69. The highest BCUT2D eigenvalue weighted by atomic mass is 16.5. The molecule has 2 N–H and O–H groups in total. The lowest BCUT2D eigenvalue weighted by atomic mass is 10.1. The first kappa shape index (κ1) is 20.1. The van der Waals surface area contributed by atoms with Gasteiger partial charge in [0.25, 0.3) is 5.91 Å². The Labute approximate surface area is 184 Å². The average Bonchev–Trinajstić information content (AvgIpc) is 3.26. The van der Waals surface area contributed by atoms with Crippen molar-refractivity contribution in [1.82, 2.24) is 30.3 Å². The van der Waals surface area contributed by atoms with Crippen molar-refractivity contribution < 1.29 is 9.53 Å². The van der Waals surface area contributed by atoms with Gasteiger partial charge in [-0.05, 0) is 56.3 Å². The quantitative estimate of drug-likeness (QED) is 0.502. The summed E-state index contributed by atoms with van der Waals surface area (Å²) in [6.45, 7) is 1.94. The van der Waals surface area contributed by atoms with Gasteiger partial charge in [-0.25, -0.2) is 9.97 Å². The number of hydrogen-bond donors (Lipinski definition) is 2. The van der Waals surface area contributed by atoms with Crippen LogP contribution < -0.4 is 15.4 Å². The number of piperidine rings is 1. The van der Waals surface area contributed by atoms with E-state index in [1.807, 2.05) is 43.6 Å². The van der Waals surface area contributed by atoms with Crippen molar-refractivity contribution in [2.45, 2.75) is 18.9 Å². The van der Waals surface area contributed by atoms with Gasteiger partial charge >= 0.3 is 0 Å². The lowest BCUT2D eigenvalue weighted by molar-refractivity contribution is 0.102. The molecule has 2 aromatic heterocycles. The molecule has 1 amide bonds. The highest BCUT2D eigenvalue weighted by Crippen LogP contribution is 2.22. The maximum atomic E-state index is 12.7. The van der Waals surface area contributed by atoms with Crippen LogP contribution >= 0.6 is 0 Å². The molecule has 0 spiro atoms. The van der Waals surface area contributed by atoms with Gasteiger partial charge in [0, 0.05) is 29.8 Å². The van der Waals surface area contributed by atoms with E-state index in [1.54, 1.807) is 23.0 Å². The summed E-state index contributed by atoms with van der Waals surface area (Å²) in [5, 5.41) is 15.1. The minimum atomic E-state index is -0.275. The van der Waals surface area contributed by atoms with Gasteiger partial charge in [-0.1, -0.05) is 17.3 Å². The van der Waals surface area contributed by atoms with Crippen LogP contribution in [0.3, 0.4) is 0 Å². The number of amides is 1. The number of aromatic nitrogens is 5. The number of rotatable bonds is 5. The van der Waals surface area contributed by atoms with E-state index in [0.29, 0.717) is 11.1 Å². The maximum Gasteiger partial charge on any atom is 0.258 e.